The molecule has 0 aliphatic carbocycles. The number of carbonyl (C=O) groups is 1. The maximum atomic E-state index is 13.5. The van der Waals surface area contributed by atoms with Gasteiger partial charge in [-0.15, -0.1) is 11.8 Å². The number of hydrogen-bond acceptors (Lipinski definition) is 3. The molecular weight excluding hydrogens is 275 g/mol. The Morgan fingerprint density at radius 1 is 1.40 bits per heavy atom. The number of carbonyl (C=O) groups excluding carboxylic acids is 1. The zero-order valence-corrected chi connectivity index (χ0v) is 12.9. The highest BCUT2D eigenvalue weighted by molar-refractivity contribution is 8.00. The Morgan fingerprint density at radius 3 is 2.50 bits per heavy atom. The summed E-state index contributed by atoms with van der Waals surface area (Å²) in [4.78, 5) is 12.6. The van der Waals surface area contributed by atoms with Crippen molar-refractivity contribution < 1.29 is 9.18 Å². The van der Waals surface area contributed by atoms with Gasteiger partial charge in [0.15, 0.2) is 0 Å². The number of nitrogens with zero attached hydrogens (tertiary/aromatic N) is 1. The fraction of sp³-hybridized carbons (Fsp3) is 0.467. The third-order valence-corrected chi connectivity index (χ3v) is 4.43. The topological polar surface area (TPSA) is 52.9 Å². The Morgan fingerprint density at radius 2 is 2.00 bits per heavy atom. The molecule has 0 saturated heterocycles. The van der Waals surface area contributed by atoms with Crippen molar-refractivity contribution >= 4 is 17.7 Å². The monoisotopic (exact) mass is 294 g/mol. The molecule has 108 valence electrons. The molecule has 0 aliphatic heterocycles. The highest BCUT2D eigenvalue weighted by atomic mass is 32.2. The Labute approximate surface area is 123 Å². The Bertz CT molecular complexity index is 527. The van der Waals surface area contributed by atoms with Crippen molar-refractivity contribution in [2.45, 2.75) is 43.4 Å². The van der Waals surface area contributed by atoms with Gasteiger partial charge in [0.2, 0.25) is 5.91 Å². The first-order valence-electron chi connectivity index (χ1n) is 6.44. The lowest BCUT2D eigenvalue weighted by Gasteiger charge is -2.28. The van der Waals surface area contributed by atoms with E-state index in [-0.39, 0.29) is 17.6 Å². The number of benzene rings is 1. The molecule has 0 bridgehead atoms. The molecule has 0 unspecified atom stereocenters. The third-order valence-electron chi connectivity index (χ3n) is 3.28. The minimum absolute atomic E-state index is 0.0119. The Kier molecular flexibility index (Phi) is 5.58. The molecule has 1 aromatic carbocycles. The van der Waals surface area contributed by atoms with Gasteiger partial charge in [-0.1, -0.05) is 26.0 Å². The predicted octanol–water partition coefficient (Wildman–Crippen LogP) is 3.36. The summed E-state index contributed by atoms with van der Waals surface area (Å²) < 4.78 is 13.5. The molecular formula is C15H19FN2OS. The lowest BCUT2D eigenvalue weighted by molar-refractivity contribution is -0.121. The van der Waals surface area contributed by atoms with E-state index in [0.717, 1.165) is 11.8 Å². The first-order chi connectivity index (χ1) is 9.30. The highest BCUT2D eigenvalue weighted by Gasteiger charge is 2.31. The molecule has 1 rings (SSSR count). The summed E-state index contributed by atoms with van der Waals surface area (Å²) in [6.45, 7) is 7.14. The highest BCUT2D eigenvalue weighted by Crippen LogP contribution is 2.26. The van der Waals surface area contributed by atoms with Crippen molar-refractivity contribution in [2.24, 2.45) is 5.92 Å². The van der Waals surface area contributed by atoms with E-state index in [2.05, 4.69) is 11.4 Å². The summed E-state index contributed by atoms with van der Waals surface area (Å²) in [6, 6.07) is 8.45. The number of rotatable bonds is 5. The fourth-order valence-corrected chi connectivity index (χ4v) is 2.33. The number of hydrogen-bond donors (Lipinski definition) is 1. The zero-order valence-electron chi connectivity index (χ0n) is 12.1. The van der Waals surface area contributed by atoms with Gasteiger partial charge in [-0.3, -0.25) is 4.79 Å². The van der Waals surface area contributed by atoms with Crippen LogP contribution in [0.15, 0.2) is 29.2 Å². The molecule has 0 radical (unpaired) electrons. The molecule has 1 aromatic rings. The molecule has 1 amide bonds. The average molecular weight is 294 g/mol. The van der Waals surface area contributed by atoms with Crippen LogP contribution in [0.2, 0.25) is 0 Å². The molecule has 5 heteroatoms. The summed E-state index contributed by atoms with van der Waals surface area (Å²) >= 11 is 1.14. The SMILES string of the molecule is CC(C)[C@](C)(C#N)NC(=O)[C@@H](C)Sc1ccccc1F. The Hall–Kier alpha value is -1.54. The minimum atomic E-state index is -0.916. The minimum Gasteiger partial charge on any atom is -0.337 e. The molecule has 0 heterocycles. The van der Waals surface area contributed by atoms with Gasteiger partial charge in [0.1, 0.15) is 11.4 Å². The van der Waals surface area contributed by atoms with Crippen LogP contribution in [0.25, 0.3) is 0 Å². The quantitative estimate of drug-likeness (QED) is 0.847. The molecule has 1 N–H and O–H groups in total. The van der Waals surface area contributed by atoms with Crippen molar-refractivity contribution in [3.8, 4) is 6.07 Å². The van der Waals surface area contributed by atoms with E-state index in [0.29, 0.717) is 4.90 Å². The number of thioether (sulfide) groups is 1. The van der Waals surface area contributed by atoms with E-state index in [1.54, 1.807) is 32.0 Å². The smallest absolute Gasteiger partial charge is 0.234 e. The van der Waals surface area contributed by atoms with Crippen LogP contribution in [0.3, 0.4) is 0 Å². The lowest BCUT2D eigenvalue weighted by atomic mass is 9.90. The standard InChI is InChI=1S/C15H19FN2OS/c1-10(2)15(4,9-17)18-14(19)11(3)20-13-8-6-5-7-12(13)16/h5-8,10-11H,1-4H3,(H,18,19)/t11-,15+/m1/s1. The van der Waals surface area contributed by atoms with E-state index in [1.807, 2.05) is 13.8 Å². The van der Waals surface area contributed by atoms with Crippen molar-refractivity contribution in [3.05, 3.63) is 30.1 Å². The van der Waals surface area contributed by atoms with E-state index in [4.69, 9.17) is 0 Å². The average Bonchev–Trinajstić information content (AvgIpc) is 2.40. The van der Waals surface area contributed by atoms with E-state index < -0.39 is 10.8 Å². The predicted molar refractivity (Wildman–Crippen MR) is 78.7 cm³/mol. The van der Waals surface area contributed by atoms with E-state index >= 15 is 0 Å². The van der Waals surface area contributed by atoms with Crippen molar-refractivity contribution in [1.82, 2.24) is 5.32 Å². The summed E-state index contributed by atoms with van der Waals surface area (Å²) in [5, 5.41) is 11.5. The molecule has 0 fully saturated rings. The molecule has 0 saturated carbocycles. The second kappa shape index (κ2) is 6.76. The van der Waals surface area contributed by atoms with E-state index in [1.165, 1.54) is 6.07 Å². The van der Waals surface area contributed by atoms with Crippen LogP contribution in [0.4, 0.5) is 4.39 Å². The summed E-state index contributed by atoms with van der Waals surface area (Å²) in [5.41, 5.74) is -0.916. The molecule has 20 heavy (non-hydrogen) atoms. The van der Waals surface area contributed by atoms with Gasteiger partial charge in [-0.05, 0) is 31.9 Å². The second-order valence-electron chi connectivity index (χ2n) is 5.15. The van der Waals surface area contributed by atoms with Crippen LogP contribution in [-0.2, 0) is 4.79 Å². The van der Waals surface area contributed by atoms with Gasteiger partial charge >= 0.3 is 0 Å². The van der Waals surface area contributed by atoms with Gasteiger partial charge < -0.3 is 5.32 Å². The molecule has 0 aliphatic rings. The van der Waals surface area contributed by atoms with Crippen LogP contribution in [0.5, 0.6) is 0 Å². The fourth-order valence-electron chi connectivity index (χ4n) is 1.44. The molecule has 0 spiro atoms. The van der Waals surface area contributed by atoms with Crippen molar-refractivity contribution in [1.29, 1.82) is 5.26 Å². The maximum Gasteiger partial charge on any atom is 0.234 e. The first kappa shape index (κ1) is 16.5. The van der Waals surface area contributed by atoms with Gasteiger partial charge in [0.05, 0.1) is 11.3 Å². The zero-order chi connectivity index (χ0) is 15.3. The maximum absolute atomic E-state index is 13.5. The van der Waals surface area contributed by atoms with Gasteiger partial charge in [-0.2, -0.15) is 5.26 Å². The number of nitrogens with one attached hydrogen (secondary N) is 1. The van der Waals surface area contributed by atoms with Gasteiger partial charge in [0, 0.05) is 4.90 Å². The normalized spacial score (nSPS) is 15.2. The van der Waals surface area contributed by atoms with Gasteiger partial charge in [-0.25, -0.2) is 4.39 Å². The van der Waals surface area contributed by atoms with Crippen LogP contribution < -0.4 is 5.32 Å². The third kappa shape index (κ3) is 3.97. The van der Waals surface area contributed by atoms with Crippen molar-refractivity contribution in [3.63, 3.8) is 0 Å². The largest absolute Gasteiger partial charge is 0.337 e. The molecule has 0 aromatic heterocycles. The van der Waals surface area contributed by atoms with Crippen LogP contribution in [-0.4, -0.2) is 16.7 Å². The van der Waals surface area contributed by atoms with Crippen LogP contribution in [0.1, 0.15) is 27.7 Å². The molecule has 2 atom stereocenters. The number of amides is 1. The number of nitriles is 1. The Balaban J connectivity index is 2.74. The lowest BCUT2D eigenvalue weighted by Crippen LogP contribution is -2.51. The van der Waals surface area contributed by atoms with E-state index in [9.17, 15) is 14.4 Å². The summed E-state index contributed by atoms with van der Waals surface area (Å²) in [7, 11) is 0. The molecule has 3 nitrogen and oxygen atoms in total. The van der Waals surface area contributed by atoms with Crippen molar-refractivity contribution in [2.75, 3.05) is 0 Å². The summed E-state index contributed by atoms with van der Waals surface area (Å²) in [6.07, 6.45) is 0. The van der Waals surface area contributed by atoms with Crippen LogP contribution in [0, 0.1) is 23.1 Å². The van der Waals surface area contributed by atoms with Gasteiger partial charge in [0.25, 0.3) is 0 Å². The summed E-state index contributed by atoms with van der Waals surface area (Å²) in [5.74, 6) is -0.623. The second-order valence-corrected chi connectivity index (χ2v) is 6.53. The van der Waals surface area contributed by atoms with Crippen LogP contribution >= 0.6 is 11.8 Å². The first-order valence-corrected chi connectivity index (χ1v) is 7.32. The number of halogens is 1.